The first-order valence-corrected chi connectivity index (χ1v) is 4.59. The highest BCUT2D eigenvalue weighted by molar-refractivity contribution is 5.88. The molecule has 0 radical (unpaired) electrons. The molecule has 2 aliphatic rings. The van der Waals surface area contributed by atoms with E-state index in [2.05, 4.69) is 19.1 Å². The number of rotatable bonds is 0. The van der Waals surface area contributed by atoms with Crippen molar-refractivity contribution in [1.29, 1.82) is 0 Å². The Kier molecular flexibility index (Phi) is 1.67. The van der Waals surface area contributed by atoms with Gasteiger partial charge in [0.15, 0.2) is 0 Å². The molecular formula is C11H14O. The van der Waals surface area contributed by atoms with Gasteiger partial charge >= 0.3 is 0 Å². The van der Waals surface area contributed by atoms with Gasteiger partial charge in [0.25, 0.3) is 0 Å². The number of hydrogen-bond acceptors (Lipinski definition) is 1. The molecule has 3 atom stereocenters. The lowest BCUT2D eigenvalue weighted by Crippen LogP contribution is -2.16. The van der Waals surface area contributed by atoms with Gasteiger partial charge in [0.1, 0.15) is 5.78 Å². The molecule has 3 unspecified atom stereocenters. The van der Waals surface area contributed by atoms with Gasteiger partial charge in [-0.25, -0.2) is 0 Å². The van der Waals surface area contributed by atoms with E-state index >= 15 is 0 Å². The lowest BCUT2D eigenvalue weighted by atomic mass is 9.85. The third kappa shape index (κ3) is 0.961. The van der Waals surface area contributed by atoms with E-state index in [0.29, 0.717) is 11.7 Å². The van der Waals surface area contributed by atoms with E-state index in [9.17, 15) is 4.79 Å². The van der Waals surface area contributed by atoms with Gasteiger partial charge in [-0.2, -0.15) is 0 Å². The zero-order chi connectivity index (χ0) is 8.72. The molecule has 0 aromatic carbocycles. The van der Waals surface area contributed by atoms with E-state index in [-0.39, 0.29) is 11.8 Å². The molecule has 0 N–H and O–H groups in total. The Balaban J connectivity index is 2.32. The van der Waals surface area contributed by atoms with Crippen LogP contribution in [0.2, 0.25) is 0 Å². The number of carbonyl (C=O) groups is 1. The minimum Gasteiger partial charge on any atom is -0.299 e. The summed E-state index contributed by atoms with van der Waals surface area (Å²) in [5.74, 6) is 1.41. The number of fused-ring (bicyclic) bond motifs is 1. The molecule has 0 aromatic rings. The van der Waals surface area contributed by atoms with E-state index in [1.807, 2.05) is 13.0 Å². The molecule has 1 nitrogen and oxygen atoms in total. The van der Waals surface area contributed by atoms with Crippen LogP contribution in [-0.4, -0.2) is 5.78 Å². The van der Waals surface area contributed by atoms with Crippen LogP contribution >= 0.6 is 0 Å². The lowest BCUT2D eigenvalue weighted by molar-refractivity contribution is -0.122. The number of ketones is 1. The quantitative estimate of drug-likeness (QED) is 0.534. The number of allylic oxidation sites excluding steroid dienone is 4. The van der Waals surface area contributed by atoms with Crippen LogP contribution in [0.5, 0.6) is 0 Å². The predicted octanol–water partition coefficient (Wildman–Crippen LogP) is 2.34. The second kappa shape index (κ2) is 2.58. The maximum absolute atomic E-state index is 11.6. The van der Waals surface area contributed by atoms with Crippen molar-refractivity contribution in [3.05, 3.63) is 23.8 Å². The highest BCUT2D eigenvalue weighted by Crippen LogP contribution is 2.40. The van der Waals surface area contributed by atoms with Crippen LogP contribution in [0.4, 0.5) is 0 Å². The molecule has 0 amide bonds. The average Bonchev–Trinajstić information content (AvgIpc) is 2.32. The molecule has 0 spiro atoms. The first-order chi connectivity index (χ1) is 5.70. The van der Waals surface area contributed by atoms with Crippen LogP contribution in [0.1, 0.15) is 20.3 Å². The second-order valence-corrected chi connectivity index (χ2v) is 3.97. The Morgan fingerprint density at radius 3 is 2.92 bits per heavy atom. The molecule has 64 valence electrons. The molecule has 12 heavy (non-hydrogen) atoms. The van der Waals surface area contributed by atoms with Crippen LogP contribution in [-0.2, 0) is 4.79 Å². The number of hydrogen-bond donors (Lipinski definition) is 0. The molecule has 1 fully saturated rings. The summed E-state index contributed by atoms with van der Waals surface area (Å²) in [7, 11) is 0. The van der Waals surface area contributed by atoms with Gasteiger partial charge in [0.2, 0.25) is 0 Å². The third-order valence-corrected chi connectivity index (χ3v) is 3.12. The molecule has 0 saturated heterocycles. The SMILES string of the molecule is CC1=CC=CC2C(=O)C(C)CC12. The summed E-state index contributed by atoms with van der Waals surface area (Å²) in [6.45, 7) is 4.17. The van der Waals surface area contributed by atoms with Gasteiger partial charge < -0.3 is 0 Å². The lowest BCUT2D eigenvalue weighted by Gasteiger charge is -2.18. The van der Waals surface area contributed by atoms with Crippen molar-refractivity contribution in [2.75, 3.05) is 0 Å². The van der Waals surface area contributed by atoms with Gasteiger partial charge in [-0.1, -0.05) is 30.7 Å². The summed E-state index contributed by atoms with van der Waals surface area (Å²) >= 11 is 0. The van der Waals surface area contributed by atoms with Gasteiger partial charge in [-0.3, -0.25) is 4.79 Å². The highest BCUT2D eigenvalue weighted by Gasteiger charge is 2.39. The standard InChI is InChI=1S/C11H14O/c1-7-4-3-5-9-10(7)6-8(2)11(9)12/h3-5,8-10H,6H2,1-2H3. The van der Waals surface area contributed by atoms with Gasteiger partial charge in [-0.15, -0.1) is 0 Å². The van der Waals surface area contributed by atoms with Gasteiger partial charge in [0, 0.05) is 11.8 Å². The van der Waals surface area contributed by atoms with Crippen molar-refractivity contribution < 1.29 is 4.79 Å². The fourth-order valence-corrected chi connectivity index (χ4v) is 2.32. The van der Waals surface area contributed by atoms with E-state index in [0.717, 1.165) is 6.42 Å². The van der Waals surface area contributed by atoms with Crippen molar-refractivity contribution >= 4 is 5.78 Å². The summed E-state index contributed by atoms with van der Waals surface area (Å²) in [5, 5.41) is 0. The topological polar surface area (TPSA) is 17.1 Å². The van der Waals surface area contributed by atoms with Crippen LogP contribution < -0.4 is 0 Å². The fraction of sp³-hybridized carbons (Fsp3) is 0.545. The molecular weight excluding hydrogens is 148 g/mol. The van der Waals surface area contributed by atoms with Crippen molar-refractivity contribution in [2.24, 2.45) is 17.8 Å². The van der Waals surface area contributed by atoms with Crippen molar-refractivity contribution in [3.63, 3.8) is 0 Å². The Morgan fingerprint density at radius 2 is 2.25 bits per heavy atom. The molecule has 0 aliphatic heterocycles. The number of Topliss-reactive ketones (excluding diaryl/α,β-unsaturated/α-hetero) is 1. The Labute approximate surface area is 73.2 Å². The zero-order valence-corrected chi connectivity index (χ0v) is 7.58. The number of carbonyl (C=O) groups excluding carboxylic acids is 1. The average molecular weight is 162 g/mol. The second-order valence-electron chi connectivity index (χ2n) is 3.97. The smallest absolute Gasteiger partial charge is 0.143 e. The minimum atomic E-state index is 0.199. The summed E-state index contributed by atoms with van der Waals surface area (Å²) in [6.07, 6.45) is 7.26. The predicted molar refractivity (Wildman–Crippen MR) is 48.7 cm³/mol. The van der Waals surface area contributed by atoms with Crippen LogP contribution in [0.3, 0.4) is 0 Å². The molecule has 1 saturated carbocycles. The Bertz CT molecular complexity index is 273. The molecule has 0 heterocycles. The maximum Gasteiger partial charge on any atom is 0.143 e. The summed E-state index contributed by atoms with van der Waals surface area (Å²) in [5.41, 5.74) is 1.38. The van der Waals surface area contributed by atoms with E-state index in [1.165, 1.54) is 5.57 Å². The van der Waals surface area contributed by atoms with Crippen LogP contribution in [0.15, 0.2) is 23.8 Å². The van der Waals surface area contributed by atoms with E-state index in [1.54, 1.807) is 0 Å². The minimum absolute atomic E-state index is 0.199. The van der Waals surface area contributed by atoms with Crippen LogP contribution in [0.25, 0.3) is 0 Å². The van der Waals surface area contributed by atoms with Gasteiger partial charge in [-0.05, 0) is 19.3 Å². The first kappa shape index (κ1) is 7.78. The van der Waals surface area contributed by atoms with Crippen LogP contribution in [0, 0.1) is 17.8 Å². The first-order valence-electron chi connectivity index (χ1n) is 4.59. The molecule has 2 rings (SSSR count). The Morgan fingerprint density at radius 1 is 1.50 bits per heavy atom. The van der Waals surface area contributed by atoms with Crippen molar-refractivity contribution in [3.8, 4) is 0 Å². The largest absolute Gasteiger partial charge is 0.299 e. The normalized spacial score (nSPS) is 39.7. The van der Waals surface area contributed by atoms with E-state index < -0.39 is 0 Å². The Hall–Kier alpha value is -0.850. The van der Waals surface area contributed by atoms with E-state index in [4.69, 9.17) is 0 Å². The fourth-order valence-electron chi connectivity index (χ4n) is 2.32. The summed E-state index contributed by atoms with van der Waals surface area (Å²) < 4.78 is 0. The molecule has 0 aromatic heterocycles. The molecule has 1 heteroatoms. The monoisotopic (exact) mass is 162 g/mol. The molecule has 2 aliphatic carbocycles. The summed E-state index contributed by atoms with van der Waals surface area (Å²) in [4.78, 5) is 11.6. The van der Waals surface area contributed by atoms with Crippen molar-refractivity contribution in [2.45, 2.75) is 20.3 Å². The highest BCUT2D eigenvalue weighted by atomic mass is 16.1. The zero-order valence-electron chi connectivity index (χ0n) is 7.58. The van der Waals surface area contributed by atoms with Gasteiger partial charge in [0.05, 0.1) is 0 Å². The molecule has 0 bridgehead atoms. The third-order valence-electron chi connectivity index (χ3n) is 3.12. The van der Waals surface area contributed by atoms with Crippen molar-refractivity contribution in [1.82, 2.24) is 0 Å². The summed E-state index contributed by atoms with van der Waals surface area (Å²) in [6, 6.07) is 0. The maximum atomic E-state index is 11.6.